The van der Waals surface area contributed by atoms with Gasteiger partial charge in [0.2, 0.25) is 11.8 Å². The highest BCUT2D eigenvalue weighted by atomic mass is 35.5. The molecule has 4 rings (SSSR count). The predicted octanol–water partition coefficient (Wildman–Crippen LogP) is 7.19. The van der Waals surface area contributed by atoms with Crippen molar-refractivity contribution in [3.63, 3.8) is 0 Å². The number of hydrogen-bond acceptors (Lipinski definition) is 6. The van der Waals surface area contributed by atoms with E-state index in [2.05, 4.69) is 9.97 Å². The van der Waals surface area contributed by atoms with Gasteiger partial charge >= 0.3 is 6.18 Å². The number of anilines is 2. The highest BCUT2D eigenvalue weighted by molar-refractivity contribution is 6.32. The Balaban J connectivity index is 1.72. The van der Waals surface area contributed by atoms with Gasteiger partial charge in [0, 0.05) is 29.8 Å². The maximum Gasteiger partial charge on any atom is 0.416 e. The number of methoxy groups -OCH3 is 2. The molecule has 2 heterocycles. The van der Waals surface area contributed by atoms with Crippen LogP contribution in [-0.4, -0.2) is 30.1 Å². The van der Waals surface area contributed by atoms with Crippen molar-refractivity contribution in [2.45, 2.75) is 19.5 Å². The zero-order valence-electron chi connectivity index (χ0n) is 20.0. The van der Waals surface area contributed by atoms with Crippen LogP contribution in [0.3, 0.4) is 0 Å². The third-order valence-corrected chi connectivity index (χ3v) is 5.72. The number of halogens is 4. The zero-order chi connectivity index (χ0) is 26.7. The van der Waals surface area contributed by atoms with Crippen LogP contribution in [0.4, 0.5) is 24.5 Å². The van der Waals surface area contributed by atoms with Crippen molar-refractivity contribution in [1.82, 2.24) is 9.97 Å². The molecule has 0 saturated heterocycles. The van der Waals surface area contributed by atoms with E-state index in [0.717, 1.165) is 17.0 Å². The molecule has 1 amide bonds. The number of amides is 1. The van der Waals surface area contributed by atoms with Gasteiger partial charge in [-0.2, -0.15) is 13.2 Å². The van der Waals surface area contributed by atoms with Crippen LogP contribution in [0.5, 0.6) is 23.1 Å². The van der Waals surface area contributed by atoms with Crippen molar-refractivity contribution < 1.29 is 32.2 Å². The van der Waals surface area contributed by atoms with Crippen molar-refractivity contribution in [2.75, 3.05) is 19.1 Å². The minimum Gasteiger partial charge on any atom is -0.493 e. The SMILES string of the molecule is CCC(=O)N(c1cccc(C(F)(F)F)c1)c1cnc(Oc2ccnc3cc(OC)c(OC)cc23)c(Cl)c1. The maximum absolute atomic E-state index is 13.3. The number of carbonyl (C=O) groups is 1. The Morgan fingerprint density at radius 2 is 1.70 bits per heavy atom. The van der Waals surface area contributed by atoms with Crippen LogP contribution in [0.2, 0.25) is 5.02 Å². The third-order valence-electron chi connectivity index (χ3n) is 5.45. The van der Waals surface area contributed by atoms with Gasteiger partial charge in [0.05, 0.1) is 37.2 Å². The molecule has 0 aliphatic heterocycles. The fourth-order valence-corrected chi connectivity index (χ4v) is 3.87. The summed E-state index contributed by atoms with van der Waals surface area (Å²) < 4.78 is 56.4. The monoisotopic (exact) mass is 531 g/mol. The minimum absolute atomic E-state index is 0.0284. The first kappa shape index (κ1) is 26.0. The smallest absolute Gasteiger partial charge is 0.416 e. The number of benzene rings is 2. The van der Waals surface area contributed by atoms with Gasteiger partial charge in [-0.3, -0.25) is 14.7 Å². The molecule has 4 aromatic rings. The van der Waals surface area contributed by atoms with Crippen molar-refractivity contribution in [3.8, 4) is 23.1 Å². The zero-order valence-corrected chi connectivity index (χ0v) is 20.7. The van der Waals surface area contributed by atoms with E-state index >= 15 is 0 Å². The fourth-order valence-electron chi connectivity index (χ4n) is 3.67. The summed E-state index contributed by atoms with van der Waals surface area (Å²) in [5.41, 5.74) is -0.0782. The largest absolute Gasteiger partial charge is 0.493 e. The molecule has 0 saturated carbocycles. The minimum atomic E-state index is -4.56. The van der Waals surface area contributed by atoms with Crippen LogP contribution in [0.15, 0.2) is 60.9 Å². The van der Waals surface area contributed by atoms with Crippen molar-refractivity contribution in [2.24, 2.45) is 0 Å². The highest BCUT2D eigenvalue weighted by Crippen LogP contribution is 2.39. The summed E-state index contributed by atoms with van der Waals surface area (Å²) in [4.78, 5) is 22.4. The summed E-state index contributed by atoms with van der Waals surface area (Å²) in [5.74, 6) is 0.938. The number of hydrogen-bond donors (Lipinski definition) is 0. The summed E-state index contributed by atoms with van der Waals surface area (Å²) in [5, 5.41) is 0.651. The van der Waals surface area contributed by atoms with Crippen molar-refractivity contribution >= 4 is 39.8 Å². The van der Waals surface area contributed by atoms with Gasteiger partial charge in [-0.15, -0.1) is 0 Å². The van der Waals surface area contributed by atoms with E-state index in [1.54, 1.807) is 31.3 Å². The molecule has 0 N–H and O–H groups in total. The number of aromatic nitrogens is 2. The molecule has 2 aromatic heterocycles. The second kappa shape index (κ2) is 10.5. The molecule has 0 radical (unpaired) electrons. The van der Waals surface area contributed by atoms with Gasteiger partial charge in [0.15, 0.2) is 11.5 Å². The molecular formula is C26H21ClF3N3O4. The van der Waals surface area contributed by atoms with Crippen molar-refractivity contribution in [3.05, 3.63) is 71.5 Å². The Hall–Kier alpha value is -4.05. The van der Waals surface area contributed by atoms with E-state index < -0.39 is 17.6 Å². The maximum atomic E-state index is 13.3. The van der Waals surface area contributed by atoms with Gasteiger partial charge in [0.25, 0.3) is 0 Å². The molecule has 0 aliphatic rings. The van der Waals surface area contributed by atoms with Crippen LogP contribution in [-0.2, 0) is 11.0 Å². The average molecular weight is 532 g/mol. The lowest BCUT2D eigenvalue weighted by atomic mass is 10.1. The first-order valence-corrected chi connectivity index (χ1v) is 11.4. The molecule has 11 heteroatoms. The molecular weight excluding hydrogens is 511 g/mol. The summed E-state index contributed by atoms with van der Waals surface area (Å²) >= 11 is 6.45. The van der Waals surface area contributed by atoms with Crippen molar-refractivity contribution in [1.29, 1.82) is 0 Å². The van der Waals surface area contributed by atoms with E-state index in [1.165, 1.54) is 38.6 Å². The Morgan fingerprint density at radius 3 is 2.35 bits per heavy atom. The van der Waals surface area contributed by atoms with Gasteiger partial charge in [0.1, 0.15) is 10.8 Å². The second-order valence-corrected chi connectivity index (χ2v) is 8.15. The molecule has 37 heavy (non-hydrogen) atoms. The van der Waals surface area contributed by atoms with Crippen LogP contribution in [0, 0.1) is 0 Å². The van der Waals surface area contributed by atoms with E-state index in [4.69, 9.17) is 25.8 Å². The molecule has 0 spiro atoms. The number of alkyl halides is 3. The number of carbonyl (C=O) groups excluding carboxylic acids is 1. The molecule has 0 aliphatic carbocycles. The summed E-state index contributed by atoms with van der Waals surface area (Å²) in [6.07, 6.45) is -1.67. The molecule has 0 bridgehead atoms. The Bertz CT molecular complexity index is 1460. The number of ether oxygens (including phenoxy) is 3. The van der Waals surface area contributed by atoms with E-state index in [-0.39, 0.29) is 28.7 Å². The third kappa shape index (κ3) is 5.39. The normalized spacial score (nSPS) is 11.3. The number of pyridine rings is 2. The van der Waals surface area contributed by atoms with E-state index in [9.17, 15) is 18.0 Å². The van der Waals surface area contributed by atoms with Crippen LogP contribution in [0.1, 0.15) is 18.9 Å². The quantitative estimate of drug-likeness (QED) is 0.251. The lowest BCUT2D eigenvalue weighted by Gasteiger charge is -2.23. The number of rotatable bonds is 7. The average Bonchev–Trinajstić information content (AvgIpc) is 2.89. The van der Waals surface area contributed by atoms with Crippen LogP contribution >= 0.6 is 11.6 Å². The van der Waals surface area contributed by atoms with Crippen LogP contribution in [0.25, 0.3) is 10.9 Å². The fraction of sp³-hybridized carbons (Fsp3) is 0.192. The van der Waals surface area contributed by atoms with Gasteiger partial charge < -0.3 is 14.2 Å². The Morgan fingerprint density at radius 1 is 0.973 bits per heavy atom. The highest BCUT2D eigenvalue weighted by Gasteiger charge is 2.31. The molecule has 0 unspecified atom stereocenters. The lowest BCUT2D eigenvalue weighted by molar-refractivity contribution is -0.137. The molecule has 0 atom stereocenters. The molecule has 0 fully saturated rings. The first-order chi connectivity index (χ1) is 17.7. The molecule has 2 aromatic carbocycles. The van der Waals surface area contributed by atoms with E-state index in [0.29, 0.717) is 28.2 Å². The Labute approximate surface area is 215 Å². The lowest BCUT2D eigenvalue weighted by Crippen LogP contribution is -2.25. The van der Waals surface area contributed by atoms with Gasteiger partial charge in [-0.05, 0) is 36.4 Å². The predicted molar refractivity (Wildman–Crippen MR) is 133 cm³/mol. The summed E-state index contributed by atoms with van der Waals surface area (Å²) in [6, 6.07) is 10.9. The molecule has 192 valence electrons. The van der Waals surface area contributed by atoms with Gasteiger partial charge in [-0.25, -0.2) is 4.98 Å². The summed E-state index contributed by atoms with van der Waals surface area (Å²) in [6.45, 7) is 1.60. The summed E-state index contributed by atoms with van der Waals surface area (Å²) in [7, 11) is 3.02. The van der Waals surface area contributed by atoms with E-state index in [1.807, 2.05) is 0 Å². The number of nitrogens with zero attached hydrogens (tertiary/aromatic N) is 3. The second-order valence-electron chi connectivity index (χ2n) is 7.75. The topological polar surface area (TPSA) is 73.8 Å². The number of fused-ring (bicyclic) bond motifs is 1. The standard InChI is InChI=1S/C26H21ClF3N3O4/c1-4-24(34)33(16-7-5-6-15(10-16)26(28,29)30)17-11-19(27)25(32-14-17)37-21-8-9-31-20-13-23(36-3)22(35-2)12-18(20)21/h5-14H,4H2,1-3H3. The van der Waals surface area contributed by atoms with Crippen LogP contribution < -0.4 is 19.1 Å². The molecule has 7 nitrogen and oxygen atoms in total. The first-order valence-electron chi connectivity index (χ1n) is 11.0. The van der Waals surface area contributed by atoms with Gasteiger partial charge in [-0.1, -0.05) is 24.6 Å². The Kier molecular flexibility index (Phi) is 7.40.